The van der Waals surface area contributed by atoms with Crippen LogP contribution in [0.15, 0.2) is 54.7 Å². The van der Waals surface area contributed by atoms with Crippen molar-refractivity contribution in [3.05, 3.63) is 76.6 Å². The Hall–Kier alpha value is -2.92. The SMILES string of the molecule is COc1ccc(-c2ncc(C(=O)N[C@@H](C)c3ccc(Cl)cc3)c(C)n2)cc1. The first kappa shape index (κ1) is 18.9. The molecule has 1 heterocycles. The number of aromatic nitrogens is 2. The molecule has 1 atom stereocenters. The van der Waals surface area contributed by atoms with Gasteiger partial charge >= 0.3 is 0 Å². The summed E-state index contributed by atoms with van der Waals surface area (Å²) in [5.74, 6) is 1.12. The van der Waals surface area contributed by atoms with Crippen molar-refractivity contribution in [2.45, 2.75) is 19.9 Å². The predicted molar refractivity (Wildman–Crippen MR) is 106 cm³/mol. The van der Waals surface area contributed by atoms with Crippen LogP contribution >= 0.6 is 11.6 Å². The van der Waals surface area contributed by atoms with Crippen molar-refractivity contribution in [1.82, 2.24) is 15.3 Å². The van der Waals surface area contributed by atoms with Gasteiger partial charge in [0.25, 0.3) is 5.91 Å². The van der Waals surface area contributed by atoms with Crippen LogP contribution in [0.1, 0.15) is 34.6 Å². The second-order valence-corrected chi connectivity index (χ2v) is 6.60. The monoisotopic (exact) mass is 381 g/mol. The number of ether oxygens (including phenoxy) is 1. The molecule has 3 rings (SSSR count). The van der Waals surface area contributed by atoms with Crippen molar-refractivity contribution in [3.63, 3.8) is 0 Å². The highest BCUT2D eigenvalue weighted by molar-refractivity contribution is 6.30. The molecule has 0 radical (unpaired) electrons. The topological polar surface area (TPSA) is 64.1 Å². The lowest BCUT2D eigenvalue weighted by atomic mass is 10.1. The summed E-state index contributed by atoms with van der Waals surface area (Å²) >= 11 is 5.91. The molecule has 0 spiro atoms. The molecule has 0 aliphatic rings. The molecule has 1 aromatic heterocycles. The Bertz CT molecular complexity index is 941. The molecule has 2 aromatic carbocycles. The second-order valence-electron chi connectivity index (χ2n) is 6.17. The van der Waals surface area contributed by atoms with Gasteiger partial charge < -0.3 is 10.1 Å². The number of halogens is 1. The maximum absolute atomic E-state index is 12.6. The van der Waals surface area contributed by atoms with E-state index in [1.807, 2.05) is 43.3 Å². The second kappa shape index (κ2) is 8.18. The highest BCUT2D eigenvalue weighted by Crippen LogP contribution is 2.21. The number of carbonyl (C=O) groups is 1. The number of methoxy groups -OCH3 is 1. The third kappa shape index (κ3) is 4.44. The molecule has 138 valence electrons. The Kier molecular flexibility index (Phi) is 5.72. The molecule has 3 aromatic rings. The zero-order valence-corrected chi connectivity index (χ0v) is 16.1. The number of carbonyl (C=O) groups excluding carboxylic acids is 1. The van der Waals surface area contributed by atoms with Crippen molar-refractivity contribution in [2.75, 3.05) is 7.11 Å². The molecule has 1 amide bonds. The van der Waals surface area contributed by atoms with Crippen LogP contribution in [0.2, 0.25) is 5.02 Å². The van der Waals surface area contributed by atoms with Gasteiger partial charge in [0, 0.05) is 16.8 Å². The largest absolute Gasteiger partial charge is 0.497 e. The van der Waals surface area contributed by atoms with Crippen molar-refractivity contribution in [3.8, 4) is 17.1 Å². The van der Waals surface area contributed by atoms with E-state index >= 15 is 0 Å². The van der Waals surface area contributed by atoms with Crippen LogP contribution in [0.4, 0.5) is 0 Å². The number of hydrogen-bond acceptors (Lipinski definition) is 4. The van der Waals surface area contributed by atoms with Gasteiger partial charge in [-0.25, -0.2) is 9.97 Å². The highest BCUT2D eigenvalue weighted by Gasteiger charge is 2.16. The van der Waals surface area contributed by atoms with E-state index in [4.69, 9.17) is 16.3 Å². The van der Waals surface area contributed by atoms with Crippen LogP contribution in [0.5, 0.6) is 5.75 Å². The van der Waals surface area contributed by atoms with Gasteiger partial charge in [0.05, 0.1) is 24.4 Å². The fourth-order valence-corrected chi connectivity index (χ4v) is 2.80. The summed E-state index contributed by atoms with van der Waals surface area (Å²) in [5.41, 5.74) is 2.91. The van der Waals surface area contributed by atoms with Crippen molar-refractivity contribution >= 4 is 17.5 Å². The third-order valence-electron chi connectivity index (χ3n) is 4.29. The summed E-state index contributed by atoms with van der Waals surface area (Å²) in [7, 11) is 1.62. The quantitative estimate of drug-likeness (QED) is 0.701. The molecule has 1 N–H and O–H groups in total. The van der Waals surface area contributed by atoms with E-state index in [0.29, 0.717) is 22.1 Å². The maximum Gasteiger partial charge on any atom is 0.255 e. The van der Waals surface area contributed by atoms with Crippen LogP contribution < -0.4 is 10.1 Å². The number of nitrogens with zero attached hydrogens (tertiary/aromatic N) is 2. The number of amides is 1. The number of rotatable bonds is 5. The summed E-state index contributed by atoms with van der Waals surface area (Å²) in [4.78, 5) is 21.4. The lowest BCUT2D eigenvalue weighted by Gasteiger charge is -2.15. The molecule has 5 nitrogen and oxygen atoms in total. The number of benzene rings is 2. The van der Waals surface area contributed by atoms with Crippen molar-refractivity contribution < 1.29 is 9.53 Å². The number of aryl methyl sites for hydroxylation is 1. The minimum absolute atomic E-state index is 0.157. The summed E-state index contributed by atoms with van der Waals surface area (Å²) < 4.78 is 5.16. The minimum Gasteiger partial charge on any atom is -0.497 e. The average Bonchev–Trinajstić information content (AvgIpc) is 2.68. The molecular weight excluding hydrogens is 362 g/mol. The van der Waals surface area contributed by atoms with E-state index in [1.54, 1.807) is 32.4 Å². The Labute approximate surface area is 163 Å². The molecule has 0 aliphatic carbocycles. The molecule has 0 unspecified atom stereocenters. The van der Waals surface area contributed by atoms with E-state index in [2.05, 4.69) is 15.3 Å². The Balaban J connectivity index is 1.76. The van der Waals surface area contributed by atoms with Crippen molar-refractivity contribution in [2.24, 2.45) is 0 Å². The van der Waals surface area contributed by atoms with Crippen LogP contribution in [0, 0.1) is 6.92 Å². The molecule has 0 saturated carbocycles. The Morgan fingerprint density at radius 1 is 1.11 bits per heavy atom. The van der Waals surface area contributed by atoms with Gasteiger partial charge in [0.2, 0.25) is 0 Å². The number of hydrogen-bond donors (Lipinski definition) is 1. The lowest BCUT2D eigenvalue weighted by molar-refractivity contribution is 0.0938. The van der Waals surface area contributed by atoms with Crippen LogP contribution in [0.25, 0.3) is 11.4 Å². The van der Waals surface area contributed by atoms with E-state index in [-0.39, 0.29) is 11.9 Å². The molecule has 6 heteroatoms. The maximum atomic E-state index is 12.6. The van der Waals surface area contributed by atoms with E-state index in [9.17, 15) is 4.79 Å². The smallest absolute Gasteiger partial charge is 0.255 e. The van der Waals surface area contributed by atoms with Gasteiger partial charge in [-0.15, -0.1) is 0 Å². The molecular formula is C21H20ClN3O2. The minimum atomic E-state index is -0.212. The van der Waals surface area contributed by atoms with Gasteiger partial charge in [-0.1, -0.05) is 23.7 Å². The molecule has 0 aliphatic heterocycles. The van der Waals surface area contributed by atoms with Gasteiger partial charge in [-0.2, -0.15) is 0 Å². The fraction of sp³-hybridized carbons (Fsp3) is 0.190. The zero-order valence-electron chi connectivity index (χ0n) is 15.4. The van der Waals surface area contributed by atoms with Crippen LogP contribution in [0.3, 0.4) is 0 Å². The van der Waals surface area contributed by atoms with Gasteiger partial charge in [0.15, 0.2) is 5.82 Å². The normalized spacial score (nSPS) is 11.7. The molecule has 0 fully saturated rings. The predicted octanol–water partition coefficient (Wildman–Crippen LogP) is 4.61. The first-order valence-electron chi connectivity index (χ1n) is 8.52. The van der Waals surface area contributed by atoms with Crippen LogP contribution in [-0.2, 0) is 0 Å². The Morgan fingerprint density at radius 3 is 2.37 bits per heavy atom. The van der Waals surface area contributed by atoms with E-state index in [1.165, 1.54) is 0 Å². The van der Waals surface area contributed by atoms with Crippen molar-refractivity contribution in [1.29, 1.82) is 0 Å². The summed E-state index contributed by atoms with van der Waals surface area (Å²) in [6.45, 7) is 3.72. The molecule has 27 heavy (non-hydrogen) atoms. The highest BCUT2D eigenvalue weighted by atomic mass is 35.5. The summed E-state index contributed by atoms with van der Waals surface area (Å²) in [6.07, 6.45) is 1.56. The van der Waals surface area contributed by atoms with Gasteiger partial charge in [0.1, 0.15) is 5.75 Å². The van der Waals surface area contributed by atoms with Gasteiger partial charge in [-0.05, 0) is 55.8 Å². The first-order valence-corrected chi connectivity index (χ1v) is 8.90. The zero-order chi connectivity index (χ0) is 19.4. The third-order valence-corrected chi connectivity index (χ3v) is 4.54. The summed E-state index contributed by atoms with van der Waals surface area (Å²) in [5, 5.41) is 3.63. The van der Waals surface area contributed by atoms with Gasteiger partial charge in [-0.3, -0.25) is 4.79 Å². The van der Waals surface area contributed by atoms with Crippen LogP contribution in [-0.4, -0.2) is 23.0 Å². The Morgan fingerprint density at radius 2 is 1.78 bits per heavy atom. The van der Waals surface area contributed by atoms with E-state index in [0.717, 1.165) is 16.9 Å². The molecule has 0 bridgehead atoms. The number of nitrogens with one attached hydrogen (secondary N) is 1. The fourth-order valence-electron chi connectivity index (χ4n) is 2.68. The first-order chi connectivity index (χ1) is 13.0. The molecule has 0 saturated heterocycles. The standard InChI is InChI=1S/C21H20ClN3O2/c1-13(15-4-8-17(22)9-5-15)25-21(26)19-12-23-20(24-14(19)2)16-6-10-18(27-3)11-7-16/h4-13H,1-3H3,(H,25,26)/t13-/m0/s1. The van der Waals surface area contributed by atoms with E-state index < -0.39 is 0 Å². The summed E-state index contributed by atoms with van der Waals surface area (Å²) in [6, 6.07) is 14.7. The average molecular weight is 382 g/mol. The lowest BCUT2D eigenvalue weighted by Crippen LogP contribution is -2.27.